The SMILES string of the molecule is COc1cc(Cl)c(-c2cc(N)n(C)n2)cc1OC(C)C. The molecule has 0 aliphatic heterocycles. The van der Waals surface area contributed by atoms with Crippen molar-refractivity contribution in [2.24, 2.45) is 7.05 Å². The molecule has 0 saturated carbocycles. The topological polar surface area (TPSA) is 62.3 Å². The number of ether oxygens (including phenoxy) is 2. The molecule has 0 fully saturated rings. The van der Waals surface area contributed by atoms with E-state index in [1.54, 1.807) is 31.0 Å². The Morgan fingerprint density at radius 3 is 2.45 bits per heavy atom. The number of methoxy groups -OCH3 is 1. The molecule has 20 heavy (non-hydrogen) atoms. The lowest BCUT2D eigenvalue weighted by Crippen LogP contribution is -2.07. The fraction of sp³-hybridized carbons (Fsp3) is 0.357. The van der Waals surface area contributed by atoms with Gasteiger partial charge in [0.1, 0.15) is 5.82 Å². The van der Waals surface area contributed by atoms with Crippen LogP contribution in [0.4, 0.5) is 5.82 Å². The van der Waals surface area contributed by atoms with Crippen molar-refractivity contribution in [1.29, 1.82) is 0 Å². The highest BCUT2D eigenvalue weighted by Crippen LogP contribution is 2.38. The van der Waals surface area contributed by atoms with E-state index in [1.807, 2.05) is 19.9 Å². The average Bonchev–Trinajstić information content (AvgIpc) is 2.70. The van der Waals surface area contributed by atoms with Crippen molar-refractivity contribution in [3.63, 3.8) is 0 Å². The maximum atomic E-state index is 6.29. The van der Waals surface area contributed by atoms with Gasteiger partial charge in [-0.05, 0) is 19.9 Å². The van der Waals surface area contributed by atoms with Crippen LogP contribution in [0.5, 0.6) is 11.5 Å². The summed E-state index contributed by atoms with van der Waals surface area (Å²) in [6, 6.07) is 5.31. The molecule has 0 unspecified atom stereocenters. The van der Waals surface area contributed by atoms with Gasteiger partial charge in [-0.1, -0.05) is 11.6 Å². The molecule has 6 heteroatoms. The summed E-state index contributed by atoms with van der Waals surface area (Å²) in [5.74, 6) is 1.79. The molecule has 0 aliphatic rings. The molecule has 1 aromatic heterocycles. The third-order valence-corrected chi connectivity index (χ3v) is 3.12. The van der Waals surface area contributed by atoms with Gasteiger partial charge in [-0.15, -0.1) is 0 Å². The predicted molar refractivity (Wildman–Crippen MR) is 80.4 cm³/mol. The van der Waals surface area contributed by atoms with E-state index in [0.717, 1.165) is 5.56 Å². The third-order valence-electron chi connectivity index (χ3n) is 2.81. The average molecular weight is 296 g/mol. The van der Waals surface area contributed by atoms with Gasteiger partial charge < -0.3 is 15.2 Å². The van der Waals surface area contributed by atoms with Gasteiger partial charge in [0.2, 0.25) is 0 Å². The van der Waals surface area contributed by atoms with Gasteiger partial charge >= 0.3 is 0 Å². The van der Waals surface area contributed by atoms with E-state index in [0.29, 0.717) is 28.0 Å². The summed E-state index contributed by atoms with van der Waals surface area (Å²) in [4.78, 5) is 0. The lowest BCUT2D eigenvalue weighted by molar-refractivity contribution is 0.230. The Kier molecular flexibility index (Phi) is 4.09. The minimum atomic E-state index is 0.0340. The van der Waals surface area contributed by atoms with Gasteiger partial charge in [0, 0.05) is 24.7 Å². The fourth-order valence-electron chi connectivity index (χ4n) is 1.85. The third kappa shape index (κ3) is 2.82. The van der Waals surface area contributed by atoms with Crippen LogP contribution < -0.4 is 15.2 Å². The second-order valence-corrected chi connectivity index (χ2v) is 5.13. The van der Waals surface area contributed by atoms with Crippen LogP contribution in [0.1, 0.15) is 13.8 Å². The second-order valence-electron chi connectivity index (χ2n) is 4.73. The summed E-state index contributed by atoms with van der Waals surface area (Å²) in [6.07, 6.45) is 0.0340. The van der Waals surface area contributed by atoms with Crippen LogP contribution in [-0.4, -0.2) is 23.0 Å². The second kappa shape index (κ2) is 5.63. The highest BCUT2D eigenvalue weighted by atomic mass is 35.5. The Morgan fingerprint density at radius 2 is 1.95 bits per heavy atom. The summed E-state index contributed by atoms with van der Waals surface area (Å²) in [5, 5.41) is 4.87. The summed E-state index contributed by atoms with van der Waals surface area (Å²) in [6.45, 7) is 3.90. The Balaban J connectivity index is 2.53. The lowest BCUT2D eigenvalue weighted by Gasteiger charge is -2.15. The minimum Gasteiger partial charge on any atom is -0.493 e. The number of rotatable bonds is 4. The largest absolute Gasteiger partial charge is 0.493 e. The number of anilines is 1. The van der Waals surface area contributed by atoms with Gasteiger partial charge in [0.25, 0.3) is 0 Å². The number of hydrogen-bond acceptors (Lipinski definition) is 4. The Hall–Kier alpha value is -1.88. The monoisotopic (exact) mass is 295 g/mol. The molecule has 1 aromatic carbocycles. The molecule has 0 radical (unpaired) electrons. The van der Waals surface area contributed by atoms with Crippen LogP contribution in [0.2, 0.25) is 5.02 Å². The van der Waals surface area contributed by atoms with Crippen LogP contribution >= 0.6 is 11.6 Å². The van der Waals surface area contributed by atoms with Crippen molar-refractivity contribution in [3.05, 3.63) is 23.2 Å². The molecule has 0 spiro atoms. The minimum absolute atomic E-state index is 0.0340. The van der Waals surface area contributed by atoms with Gasteiger partial charge in [-0.25, -0.2) is 0 Å². The fourth-order valence-corrected chi connectivity index (χ4v) is 2.10. The number of hydrogen-bond donors (Lipinski definition) is 1. The zero-order chi connectivity index (χ0) is 14.9. The normalized spacial score (nSPS) is 10.9. The van der Waals surface area contributed by atoms with E-state index >= 15 is 0 Å². The van der Waals surface area contributed by atoms with Crippen LogP contribution in [0.15, 0.2) is 18.2 Å². The first-order chi connectivity index (χ1) is 9.42. The molecule has 108 valence electrons. The van der Waals surface area contributed by atoms with Crippen molar-refractivity contribution in [2.75, 3.05) is 12.8 Å². The first kappa shape index (κ1) is 14.5. The molecule has 5 nitrogen and oxygen atoms in total. The Morgan fingerprint density at radius 1 is 1.25 bits per heavy atom. The van der Waals surface area contributed by atoms with Crippen LogP contribution in [0.25, 0.3) is 11.3 Å². The summed E-state index contributed by atoms with van der Waals surface area (Å²) in [7, 11) is 3.36. The highest BCUT2D eigenvalue weighted by molar-refractivity contribution is 6.33. The number of halogens is 1. The number of nitrogens with two attached hydrogens (primary N) is 1. The number of benzene rings is 1. The van der Waals surface area contributed by atoms with E-state index in [2.05, 4.69) is 5.10 Å². The summed E-state index contributed by atoms with van der Waals surface area (Å²) in [5.41, 5.74) is 7.26. The molecule has 2 aromatic rings. The summed E-state index contributed by atoms with van der Waals surface area (Å²) >= 11 is 6.29. The van der Waals surface area contributed by atoms with Crippen LogP contribution in [-0.2, 0) is 7.05 Å². The van der Waals surface area contributed by atoms with E-state index in [9.17, 15) is 0 Å². The molecule has 0 atom stereocenters. The van der Waals surface area contributed by atoms with Gasteiger partial charge in [0.05, 0.1) is 23.9 Å². The predicted octanol–water partition coefficient (Wildman–Crippen LogP) is 3.12. The molecule has 2 rings (SSSR count). The molecule has 0 amide bonds. The summed E-state index contributed by atoms with van der Waals surface area (Å²) < 4.78 is 12.6. The zero-order valence-electron chi connectivity index (χ0n) is 12.0. The van der Waals surface area contributed by atoms with Crippen LogP contribution in [0, 0.1) is 0 Å². The molecule has 1 heterocycles. The smallest absolute Gasteiger partial charge is 0.162 e. The number of aromatic nitrogens is 2. The molecule has 0 saturated heterocycles. The first-order valence-corrected chi connectivity index (χ1v) is 6.64. The van der Waals surface area contributed by atoms with E-state index < -0.39 is 0 Å². The van der Waals surface area contributed by atoms with Crippen molar-refractivity contribution < 1.29 is 9.47 Å². The van der Waals surface area contributed by atoms with Gasteiger partial charge in [-0.3, -0.25) is 4.68 Å². The van der Waals surface area contributed by atoms with Crippen molar-refractivity contribution in [2.45, 2.75) is 20.0 Å². The molecular weight excluding hydrogens is 278 g/mol. The number of nitrogens with zero attached hydrogens (tertiary/aromatic N) is 2. The zero-order valence-corrected chi connectivity index (χ0v) is 12.7. The Bertz CT molecular complexity index is 604. The van der Waals surface area contributed by atoms with Gasteiger partial charge in [-0.2, -0.15) is 5.10 Å². The maximum Gasteiger partial charge on any atom is 0.162 e. The molecular formula is C14H18ClN3O2. The van der Waals surface area contributed by atoms with Crippen molar-refractivity contribution in [3.8, 4) is 22.8 Å². The van der Waals surface area contributed by atoms with Crippen molar-refractivity contribution >= 4 is 17.4 Å². The Labute approximate surface area is 123 Å². The molecule has 0 bridgehead atoms. The van der Waals surface area contributed by atoms with E-state index in [-0.39, 0.29) is 6.10 Å². The number of aryl methyl sites for hydroxylation is 1. The van der Waals surface area contributed by atoms with E-state index in [1.165, 1.54) is 0 Å². The van der Waals surface area contributed by atoms with Crippen molar-refractivity contribution in [1.82, 2.24) is 9.78 Å². The molecule has 0 aliphatic carbocycles. The molecule has 2 N–H and O–H groups in total. The maximum absolute atomic E-state index is 6.29. The first-order valence-electron chi connectivity index (χ1n) is 6.26. The van der Waals surface area contributed by atoms with E-state index in [4.69, 9.17) is 26.8 Å². The highest BCUT2D eigenvalue weighted by Gasteiger charge is 2.15. The quantitative estimate of drug-likeness (QED) is 0.941. The van der Waals surface area contributed by atoms with Crippen LogP contribution in [0.3, 0.4) is 0 Å². The number of nitrogen functional groups attached to an aromatic ring is 1. The lowest BCUT2D eigenvalue weighted by atomic mass is 10.1. The van der Waals surface area contributed by atoms with Gasteiger partial charge in [0.15, 0.2) is 11.5 Å². The standard InChI is InChI=1S/C14H18ClN3O2/c1-8(2)20-13-5-9(10(15)6-12(13)19-4)11-7-14(16)18(3)17-11/h5-8H,16H2,1-4H3.